The monoisotopic (exact) mass is 297 g/mol. The van der Waals surface area contributed by atoms with Crippen LogP contribution >= 0.6 is 0 Å². The molecule has 8 heteroatoms. The van der Waals surface area contributed by atoms with E-state index in [0.717, 1.165) is 23.6 Å². The van der Waals surface area contributed by atoms with Crippen molar-refractivity contribution in [2.45, 2.75) is 24.9 Å². The lowest BCUT2D eigenvalue weighted by Crippen LogP contribution is -2.13. The van der Waals surface area contributed by atoms with Crippen molar-refractivity contribution in [3.05, 3.63) is 41.5 Å². The summed E-state index contributed by atoms with van der Waals surface area (Å²) in [6.07, 6.45) is -3.01. The molecule has 2 aromatic rings. The van der Waals surface area contributed by atoms with E-state index in [4.69, 9.17) is 5.11 Å². The van der Waals surface area contributed by atoms with Crippen LogP contribution in [0.3, 0.4) is 0 Å². The summed E-state index contributed by atoms with van der Waals surface area (Å²) < 4.78 is 40.2. The second-order valence-electron chi connectivity index (χ2n) is 4.80. The zero-order valence-corrected chi connectivity index (χ0v) is 10.6. The highest BCUT2D eigenvalue weighted by molar-refractivity contribution is 5.83. The molecular weight excluding hydrogens is 287 g/mol. The van der Waals surface area contributed by atoms with Crippen molar-refractivity contribution in [1.82, 2.24) is 14.8 Å². The van der Waals surface area contributed by atoms with Crippen LogP contribution < -0.4 is 0 Å². The summed E-state index contributed by atoms with van der Waals surface area (Å²) in [5.41, 5.74) is -1.07. The Morgan fingerprint density at radius 1 is 1.29 bits per heavy atom. The third-order valence-corrected chi connectivity index (χ3v) is 3.20. The fourth-order valence-electron chi connectivity index (χ4n) is 2.10. The zero-order valence-electron chi connectivity index (χ0n) is 10.6. The van der Waals surface area contributed by atoms with Crippen LogP contribution in [0.5, 0.6) is 0 Å². The molecule has 21 heavy (non-hydrogen) atoms. The maximum absolute atomic E-state index is 13.1. The number of carbonyl (C=O) groups is 1. The topological polar surface area (TPSA) is 68.0 Å². The molecule has 1 aromatic heterocycles. The molecule has 1 fully saturated rings. The molecule has 0 aliphatic heterocycles. The average molecular weight is 297 g/mol. The predicted octanol–water partition coefficient (Wildman–Crippen LogP) is 2.86. The molecule has 1 aliphatic rings. The SMILES string of the molecule is O=C(O)c1nc(C2CC2)n(-c2ccccc2C(F)(F)F)n1. The van der Waals surface area contributed by atoms with E-state index in [1.807, 2.05) is 0 Å². The van der Waals surface area contributed by atoms with Gasteiger partial charge in [0.25, 0.3) is 5.82 Å². The third kappa shape index (κ3) is 2.48. The first-order chi connectivity index (χ1) is 9.88. The van der Waals surface area contributed by atoms with Gasteiger partial charge in [-0.3, -0.25) is 0 Å². The molecule has 110 valence electrons. The molecule has 0 atom stereocenters. The lowest BCUT2D eigenvalue weighted by Gasteiger charge is -2.13. The summed E-state index contributed by atoms with van der Waals surface area (Å²) in [6, 6.07) is 4.92. The van der Waals surface area contributed by atoms with Gasteiger partial charge in [0.1, 0.15) is 5.82 Å². The van der Waals surface area contributed by atoms with Crippen LogP contribution in [0.1, 0.15) is 40.8 Å². The number of benzene rings is 1. The van der Waals surface area contributed by atoms with Crippen molar-refractivity contribution < 1.29 is 23.1 Å². The minimum atomic E-state index is -4.55. The van der Waals surface area contributed by atoms with E-state index >= 15 is 0 Å². The van der Waals surface area contributed by atoms with Crippen molar-refractivity contribution >= 4 is 5.97 Å². The summed E-state index contributed by atoms with van der Waals surface area (Å²) in [7, 11) is 0. The Kier molecular flexibility index (Phi) is 2.96. The number of aromatic nitrogens is 3. The smallest absolute Gasteiger partial charge is 0.418 e. The highest BCUT2D eigenvalue weighted by Gasteiger charge is 2.37. The van der Waals surface area contributed by atoms with Gasteiger partial charge in [-0.25, -0.2) is 14.5 Å². The van der Waals surface area contributed by atoms with Crippen molar-refractivity contribution in [3.8, 4) is 5.69 Å². The summed E-state index contributed by atoms with van der Waals surface area (Å²) in [6.45, 7) is 0. The number of hydrogen-bond donors (Lipinski definition) is 1. The lowest BCUT2D eigenvalue weighted by atomic mass is 10.1. The lowest BCUT2D eigenvalue weighted by molar-refractivity contribution is -0.137. The number of para-hydroxylation sites is 1. The maximum atomic E-state index is 13.1. The minimum absolute atomic E-state index is 0.0353. The second-order valence-corrected chi connectivity index (χ2v) is 4.80. The van der Waals surface area contributed by atoms with E-state index in [1.165, 1.54) is 18.2 Å². The summed E-state index contributed by atoms with van der Waals surface area (Å²) in [4.78, 5) is 14.8. The molecule has 0 saturated heterocycles. The van der Waals surface area contributed by atoms with E-state index < -0.39 is 23.5 Å². The first kappa shape index (κ1) is 13.6. The first-order valence-electron chi connectivity index (χ1n) is 6.25. The van der Waals surface area contributed by atoms with Gasteiger partial charge >= 0.3 is 12.1 Å². The van der Waals surface area contributed by atoms with Gasteiger partial charge in [-0.05, 0) is 25.0 Å². The van der Waals surface area contributed by atoms with Gasteiger partial charge < -0.3 is 5.11 Å². The highest BCUT2D eigenvalue weighted by atomic mass is 19.4. The number of carboxylic acid groups (broad SMARTS) is 1. The molecule has 0 unspecified atom stereocenters. The van der Waals surface area contributed by atoms with Gasteiger partial charge in [-0.15, -0.1) is 5.10 Å². The zero-order chi connectivity index (χ0) is 15.2. The van der Waals surface area contributed by atoms with Crippen LogP contribution in [-0.2, 0) is 6.18 Å². The number of rotatable bonds is 3. The molecule has 3 rings (SSSR count). The van der Waals surface area contributed by atoms with Crippen LogP contribution in [-0.4, -0.2) is 25.8 Å². The van der Waals surface area contributed by atoms with Gasteiger partial charge in [0.05, 0.1) is 11.3 Å². The van der Waals surface area contributed by atoms with Crippen molar-refractivity contribution in [2.75, 3.05) is 0 Å². The van der Waals surface area contributed by atoms with Gasteiger partial charge in [0, 0.05) is 5.92 Å². The van der Waals surface area contributed by atoms with Crippen LogP contribution in [0.4, 0.5) is 13.2 Å². The largest absolute Gasteiger partial charge is 0.475 e. The Bertz CT molecular complexity index is 705. The number of hydrogen-bond acceptors (Lipinski definition) is 3. The fraction of sp³-hybridized carbons (Fsp3) is 0.308. The minimum Gasteiger partial charge on any atom is -0.475 e. The highest BCUT2D eigenvalue weighted by Crippen LogP contribution is 2.41. The van der Waals surface area contributed by atoms with Gasteiger partial charge in [0.2, 0.25) is 0 Å². The Morgan fingerprint density at radius 3 is 2.52 bits per heavy atom. The van der Waals surface area contributed by atoms with E-state index in [2.05, 4.69) is 10.1 Å². The van der Waals surface area contributed by atoms with E-state index in [1.54, 1.807) is 0 Å². The molecule has 1 aromatic carbocycles. The summed E-state index contributed by atoms with van der Waals surface area (Å²) in [5, 5.41) is 12.7. The van der Waals surface area contributed by atoms with Gasteiger partial charge in [-0.1, -0.05) is 12.1 Å². The quantitative estimate of drug-likeness (QED) is 0.946. The Labute approximate surface area is 117 Å². The molecule has 0 spiro atoms. The number of nitrogens with zero attached hydrogens (tertiary/aromatic N) is 3. The molecule has 1 aliphatic carbocycles. The molecule has 1 heterocycles. The number of aromatic carboxylic acids is 1. The normalized spacial score (nSPS) is 15.2. The molecule has 1 N–H and O–H groups in total. The Hall–Kier alpha value is -2.38. The van der Waals surface area contributed by atoms with Gasteiger partial charge in [0.15, 0.2) is 0 Å². The average Bonchev–Trinajstić information content (AvgIpc) is 3.16. The number of carboxylic acids is 1. The van der Waals surface area contributed by atoms with Crippen molar-refractivity contribution in [1.29, 1.82) is 0 Å². The van der Waals surface area contributed by atoms with E-state index in [9.17, 15) is 18.0 Å². The molecule has 0 radical (unpaired) electrons. The van der Waals surface area contributed by atoms with E-state index in [0.29, 0.717) is 0 Å². The molecule has 1 saturated carbocycles. The summed E-state index contributed by atoms with van der Waals surface area (Å²) in [5.74, 6) is -1.62. The van der Waals surface area contributed by atoms with Crippen molar-refractivity contribution in [3.63, 3.8) is 0 Å². The molecular formula is C13H10F3N3O2. The van der Waals surface area contributed by atoms with E-state index in [-0.39, 0.29) is 17.4 Å². The molecule has 0 bridgehead atoms. The second kappa shape index (κ2) is 4.57. The Morgan fingerprint density at radius 2 is 1.95 bits per heavy atom. The molecule has 5 nitrogen and oxygen atoms in total. The number of halogens is 3. The van der Waals surface area contributed by atoms with Crippen LogP contribution in [0.15, 0.2) is 24.3 Å². The predicted molar refractivity (Wildman–Crippen MR) is 65.3 cm³/mol. The van der Waals surface area contributed by atoms with Crippen molar-refractivity contribution in [2.24, 2.45) is 0 Å². The van der Waals surface area contributed by atoms with Crippen LogP contribution in [0.25, 0.3) is 5.69 Å². The number of alkyl halides is 3. The molecule has 0 amide bonds. The summed E-state index contributed by atoms with van der Waals surface area (Å²) >= 11 is 0. The standard InChI is InChI=1S/C13H10F3N3O2/c14-13(15,16)8-3-1-2-4-9(8)19-11(7-5-6-7)17-10(18-19)12(20)21/h1-4,7H,5-6H2,(H,20,21). The van der Waals surface area contributed by atoms with Crippen LogP contribution in [0.2, 0.25) is 0 Å². The maximum Gasteiger partial charge on any atom is 0.418 e. The first-order valence-corrected chi connectivity index (χ1v) is 6.25. The Balaban J connectivity index is 2.19. The van der Waals surface area contributed by atoms with Crippen LogP contribution in [0, 0.1) is 0 Å². The third-order valence-electron chi connectivity index (χ3n) is 3.20. The fourth-order valence-corrected chi connectivity index (χ4v) is 2.10. The van der Waals surface area contributed by atoms with Gasteiger partial charge in [-0.2, -0.15) is 13.2 Å².